The highest BCUT2D eigenvalue weighted by Crippen LogP contribution is 2.26. The van der Waals surface area contributed by atoms with Gasteiger partial charge in [0.1, 0.15) is 0 Å². The lowest BCUT2D eigenvalue weighted by molar-refractivity contribution is -0.115. The van der Waals surface area contributed by atoms with E-state index >= 15 is 0 Å². The van der Waals surface area contributed by atoms with Crippen molar-refractivity contribution in [2.45, 2.75) is 38.1 Å². The minimum absolute atomic E-state index is 0.0859. The minimum atomic E-state index is -0.348. The quantitative estimate of drug-likeness (QED) is 0.525. The lowest BCUT2D eigenvalue weighted by Gasteiger charge is -2.12. The molecule has 0 aliphatic rings. The topological polar surface area (TPSA) is 72.2 Å². The maximum atomic E-state index is 12.7. The van der Waals surface area contributed by atoms with Gasteiger partial charge in [0.25, 0.3) is 5.78 Å². The highest BCUT2D eigenvalue weighted by atomic mass is 32.2. The van der Waals surface area contributed by atoms with Crippen molar-refractivity contribution in [2.75, 3.05) is 5.32 Å². The van der Waals surface area contributed by atoms with Gasteiger partial charge in [-0.25, -0.2) is 9.50 Å². The van der Waals surface area contributed by atoms with Crippen LogP contribution in [0.3, 0.4) is 0 Å². The summed E-state index contributed by atoms with van der Waals surface area (Å²) in [5, 5.41) is 9.86. The summed E-state index contributed by atoms with van der Waals surface area (Å²) in [6.45, 7) is 7.83. The zero-order valence-electron chi connectivity index (χ0n) is 16.2. The number of rotatable bonds is 4. The summed E-state index contributed by atoms with van der Waals surface area (Å²) in [6.07, 6.45) is 0. The fraction of sp³-hybridized carbons (Fsp3) is 0.238. The van der Waals surface area contributed by atoms with Crippen LogP contribution in [0.2, 0.25) is 0 Å². The van der Waals surface area contributed by atoms with E-state index < -0.39 is 0 Å². The number of amides is 1. The second kappa shape index (κ2) is 7.24. The molecule has 0 spiro atoms. The Labute approximate surface area is 167 Å². The number of hydrogen-bond acceptors (Lipinski definition) is 5. The lowest BCUT2D eigenvalue weighted by Crippen LogP contribution is -2.22. The zero-order chi connectivity index (χ0) is 19.8. The molecule has 0 radical (unpaired) electrons. The minimum Gasteiger partial charge on any atom is -0.325 e. The molecule has 6 nitrogen and oxygen atoms in total. The Hall–Kier alpha value is -2.93. The second-order valence-electron chi connectivity index (χ2n) is 6.79. The van der Waals surface area contributed by atoms with E-state index in [4.69, 9.17) is 0 Å². The molecule has 28 heavy (non-hydrogen) atoms. The van der Waals surface area contributed by atoms with E-state index in [2.05, 4.69) is 20.4 Å². The molecule has 2 heterocycles. The molecule has 0 saturated carbocycles. The first-order valence-corrected chi connectivity index (χ1v) is 9.98. The summed E-state index contributed by atoms with van der Waals surface area (Å²) in [5.74, 6) is 0.474. The maximum absolute atomic E-state index is 12.7. The molecule has 1 amide bonds. The highest BCUT2D eigenvalue weighted by molar-refractivity contribution is 8.00. The molecule has 0 aliphatic carbocycles. The average molecular weight is 392 g/mol. The third-order valence-electron chi connectivity index (χ3n) is 4.94. The zero-order valence-corrected chi connectivity index (χ0v) is 17.0. The summed E-state index contributed by atoms with van der Waals surface area (Å²) >= 11 is 1.33. The number of nitrogens with one attached hydrogen (secondary N) is 1. The Bertz CT molecular complexity index is 1200. The van der Waals surface area contributed by atoms with Crippen LogP contribution in [0, 0.1) is 20.8 Å². The van der Waals surface area contributed by atoms with Gasteiger partial charge in [-0.2, -0.15) is 4.98 Å². The molecule has 7 heteroatoms. The summed E-state index contributed by atoms with van der Waals surface area (Å²) in [4.78, 5) is 21.7. The van der Waals surface area contributed by atoms with Crippen LogP contribution < -0.4 is 5.32 Å². The normalized spacial score (nSPS) is 12.4. The van der Waals surface area contributed by atoms with E-state index in [1.807, 2.05) is 70.2 Å². The first-order valence-electron chi connectivity index (χ1n) is 9.10. The molecular formula is C21H21N5OS. The number of aromatic nitrogens is 4. The lowest BCUT2D eigenvalue weighted by atomic mass is 10.1. The Balaban J connectivity index is 1.55. The van der Waals surface area contributed by atoms with Crippen molar-refractivity contribution < 1.29 is 4.79 Å². The van der Waals surface area contributed by atoms with Gasteiger partial charge in [0, 0.05) is 22.5 Å². The molecule has 2 aromatic heterocycles. The summed E-state index contributed by atoms with van der Waals surface area (Å²) < 4.78 is 1.74. The standard InChI is InChI=1S/C21H21N5OS/c1-12-13(2)22-20-24-21(25-26(20)14(12)3)28-15(4)19(27)23-18-11-7-9-16-8-5-6-10-17(16)18/h5-11,15H,1-4H3,(H,23,27). The Morgan fingerprint density at radius 1 is 1.07 bits per heavy atom. The number of nitrogens with zero attached hydrogens (tertiary/aromatic N) is 4. The third-order valence-corrected chi connectivity index (χ3v) is 5.89. The van der Waals surface area contributed by atoms with Crippen molar-refractivity contribution in [1.82, 2.24) is 19.6 Å². The molecule has 0 bridgehead atoms. The van der Waals surface area contributed by atoms with Gasteiger partial charge in [0.05, 0.1) is 5.25 Å². The molecule has 4 rings (SSSR count). The van der Waals surface area contributed by atoms with Gasteiger partial charge in [-0.05, 0) is 44.7 Å². The van der Waals surface area contributed by atoms with Crippen LogP contribution in [0.1, 0.15) is 23.9 Å². The fourth-order valence-electron chi connectivity index (χ4n) is 3.07. The van der Waals surface area contributed by atoms with Gasteiger partial charge in [0.15, 0.2) is 0 Å². The monoisotopic (exact) mass is 391 g/mol. The summed E-state index contributed by atoms with van der Waals surface area (Å²) in [7, 11) is 0. The molecule has 4 aromatic rings. The van der Waals surface area contributed by atoms with E-state index in [1.165, 1.54) is 11.8 Å². The van der Waals surface area contributed by atoms with Crippen molar-refractivity contribution in [3.8, 4) is 0 Å². The fourth-order valence-corrected chi connectivity index (χ4v) is 3.81. The van der Waals surface area contributed by atoms with Gasteiger partial charge >= 0.3 is 0 Å². The van der Waals surface area contributed by atoms with Gasteiger partial charge < -0.3 is 5.32 Å². The molecule has 0 fully saturated rings. The van der Waals surface area contributed by atoms with E-state index in [9.17, 15) is 4.79 Å². The molecule has 1 atom stereocenters. The van der Waals surface area contributed by atoms with E-state index in [0.717, 1.165) is 33.4 Å². The van der Waals surface area contributed by atoms with Crippen LogP contribution in [0.25, 0.3) is 16.6 Å². The smallest absolute Gasteiger partial charge is 0.253 e. The predicted molar refractivity (Wildman–Crippen MR) is 113 cm³/mol. The van der Waals surface area contributed by atoms with Crippen LogP contribution in [0.15, 0.2) is 47.6 Å². The number of anilines is 1. The van der Waals surface area contributed by atoms with Gasteiger partial charge in [-0.15, -0.1) is 5.10 Å². The van der Waals surface area contributed by atoms with Crippen LogP contribution in [-0.4, -0.2) is 30.7 Å². The molecule has 0 saturated heterocycles. The summed E-state index contributed by atoms with van der Waals surface area (Å²) in [6, 6.07) is 13.9. The molecule has 142 valence electrons. The number of fused-ring (bicyclic) bond motifs is 2. The van der Waals surface area contributed by atoms with E-state index in [-0.39, 0.29) is 11.2 Å². The Kier molecular flexibility index (Phi) is 4.77. The number of thioether (sulfide) groups is 1. The number of benzene rings is 2. The van der Waals surface area contributed by atoms with E-state index in [0.29, 0.717) is 10.9 Å². The average Bonchev–Trinajstić information content (AvgIpc) is 3.08. The molecular weight excluding hydrogens is 370 g/mol. The van der Waals surface area contributed by atoms with Crippen molar-refractivity contribution in [1.29, 1.82) is 0 Å². The SMILES string of the molecule is Cc1nc2nc(SC(C)C(=O)Nc3cccc4ccccc34)nn2c(C)c1C. The first kappa shape index (κ1) is 18.4. The summed E-state index contributed by atoms with van der Waals surface area (Å²) in [5.41, 5.74) is 3.85. The number of carbonyl (C=O) groups is 1. The molecule has 1 unspecified atom stereocenters. The van der Waals surface area contributed by atoms with Crippen LogP contribution >= 0.6 is 11.8 Å². The van der Waals surface area contributed by atoms with Crippen molar-refractivity contribution in [3.05, 3.63) is 59.4 Å². The van der Waals surface area contributed by atoms with Crippen molar-refractivity contribution in [3.63, 3.8) is 0 Å². The maximum Gasteiger partial charge on any atom is 0.253 e. The van der Waals surface area contributed by atoms with Crippen LogP contribution in [0.5, 0.6) is 0 Å². The Morgan fingerprint density at radius 2 is 1.82 bits per heavy atom. The predicted octanol–water partition coefficient (Wildman–Crippen LogP) is 4.32. The second-order valence-corrected chi connectivity index (χ2v) is 8.10. The van der Waals surface area contributed by atoms with Gasteiger partial charge in [-0.1, -0.05) is 48.2 Å². The third kappa shape index (κ3) is 3.33. The number of aryl methyl sites for hydroxylation is 2. The first-order chi connectivity index (χ1) is 13.4. The van der Waals surface area contributed by atoms with Gasteiger partial charge in [0.2, 0.25) is 11.1 Å². The molecule has 0 aliphatic heterocycles. The highest BCUT2D eigenvalue weighted by Gasteiger charge is 2.19. The van der Waals surface area contributed by atoms with Crippen molar-refractivity contribution in [2.24, 2.45) is 0 Å². The largest absolute Gasteiger partial charge is 0.325 e. The molecule has 2 aromatic carbocycles. The molecule has 1 N–H and O–H groups in total. The van der Waals surface area contributed by atoms with Crippen molar-refractivity contribution >= 4 is 39.9 Å². The van der Waals surface area contributed by atoms with Crippen LogP contribution in [0.4, 0.5) is 5.69 Å². The van der Waals surface area contributed by atoms with Gasteiger partial charge in [-0.3, -0.25) is 4.79 Å². The van der Waals surface area contributed by atoms with E-state index in [1.54, 1.807) is 4.52 Å². The number of hydrogen-bond donors (Lipinski definition) is 1. The number of carbonyl (C=O) groups excluding carboxylic acids is 1. The van der Waals surface area contributed by atoms with Crippen LogP contribution in [-0.2, 0) is 4.79 Å². The Morgan fingerprint density at radius 3 is 2.64 bits per heavy atom.